The minimum atomic E-state index is -1.85. The molecule has 4 heteroatoms. The Balaban J connectivity index is 2.13. The lowest BCUT2D eigenvalue weighted by atomic mass is 9.66. The molecule has 0 aromatic carbocycles. The van der Waals surface area contributed by atoms with E-state index in [1.165, 1.54) is 0 Å². The number of rotatable bonds is 6. The molecule has 0 aromatic rings. The molecule has 1 fully saturated rings. The van der Waals surface area contributed by atoms with Crippen molar-refractivity contribution < 1.29 is 9.47 Å². The highest BCUT2D eigenvalue weighted by Crippen LogP contribution is 2.50. The average molecular weight is 553 g/mol. The maximum atomic E-state index is 6.61. The molecule has 0 radical (unpaired) electrons. The number of fused-ring (bicyclic) bond motifs is 2. The number of hydrogen-bond donors (Lipinski definition) is 0. The first-order valence-electron chi connectivity index (χ1n) is 15.4. The van der Waals surface area contributed by atoms with E-state index in [4.69, 9.17) is 9.47 Å². The first-order valence-corrected chi connectivity index (χ1v) is 19.8. The van der Waals surface area contributed by atoms with Gasteiger partial charge < -0.3 is 9.47 Å². The van der Waals surface area contributed by atoms with Gasteiger partial charge >= 0.3 is 0 Å². The Bertz CT molecular complexity index is 912. The molecule has 0 saturated heterocycles. The van der Waals surface area contributed by atoms with Crippen molar-refractivity contribution in [3.05, 3.63) is 23.7 Å². The zero-order chi connectivity index (χ0) is 28.7. The highest BCUT2D eigenvalue weighted by molar-refractivity contribution is 6.91. The van der Waals surface area contributed by atoms with Gasteiger partial charge in [-0.05, 0) is 59.2 Å². The largest absolute Gasteiger partial charge is 0.493 e. The minimum Gasteiger partial charge on any atom is -0.493 e. The van der Waals surface area contributed by atoms with Gasteiger partial charge in [0.1, 0.15) is 28.4 Å². The van der Waals surface area contributed by atoms with E-state index in [9.17, 15) is 0 Å². The van der Waals surface area contributed by atoms with Crippen LogP contribution < -0.4 is 0 Å². The molecule has 0 spiro atoms. The van der Waals surface area contributed by atoms with Gasteiger partial charge in [0.2, 0.25) is 0 Å². The molecule has 3 aliphatic rings. The summed E-state index contributed by atoms with van der Waals surface area (Å²) in [6.07, 6.45) is 4.79. The standard InChI is InChI=1S/C34H56O2Si2/c1-21(2)37(22(3)4,23(5)6)17-15-29-31-19-27(13)36-34(31)30(32-20-28(14)35-33(29)32)16-18-38(24(7)8,25(9)10)26(11)12/h19-26,29-34H,1-14H3. The number of allylic oxidation sites excluding steroid dienone is 2. The normalized spacial score (nSPS) is 28.9. The Hall–Kier alpha value is -1.37. The van der Waals surface area contributed by atoms with Crippen LogP contribution in [0.3, 0.4) is 0 Å². The summed E-state index contributed by atoms with van der Waals surface area (Å²) in [6, 6.07) is 0. The van der Waals surface area contributed by atoms with Crippen LogP contribution in [0, 0.1) is 46.6 Å². The Morgan fingerprint density at radius 2 is 0.789 bits per heavy atom. The molecule has 6 unspecified atom stereocenters. The van der Waals surface area contributed by atoms with E-state index < -0.39 is 16.1 Å². The predicted molar refractivity (Wildman–Crippen MR) is 169 cm³/mol. The summed E-state index contributed by atoms with van der Waals surface area (Å²) in [6.45, 7) is 33.0. The molecule has 1 aliphatic carbocycles. The van der Waals surface area contributed by atoms with Gasteiger partial charge in [0.15, 0.2) is 0 Å². The molecular weight excluding hydrogens is 497 g/mol. The molecule has 2 heterocycles. The van der Waals surface area contributed by atoms with Gasteiger partial charge in [-0.3, -0.25) is 0 Å². The summed E-state index contributed by atoms with van der Waals surface area (Å²) in [5, 5.41) is 0. The lowest BCUT2D eigenvalue weighted by Crippen LogP contribution is -2.50. The van der Waals surface area contributed by atoms with Gasteiger partial charge in [-0.1, -0.05) is 83.1 Å². The summed E-state index contributed by atoms with van der Waals surface area (Å²) in [7, 11) is -3.69. The fourth-order valence-corrected chi connectivity index (χ4v) is 19.3. The van der Waals surface area contributed by atoms with Crippen molar-refractivity contribution in [3.63, 3.8) is 0 Å². The molecule has 6 atom stereocenters. The van der Waals surface area contributed by atoms with Crippen molar-refractivity contribution in [2.24, 2.45) is 23.7 Å². The molecular formula is C34H56O2Si2. The summed E-state index contributed by atoms with van der Waals surface area (Å²) in [5.41, 5.74) is 11.8. The summed E-state index contributed by atoms with van der Waals surface area (Å²) in [5.74, 6) is 10.6. The van der Waals surface area contributed by atoms with E-state index >= 15 is 0 Å². The molecule has 0 N–H and O–H groups in total. The van der Waals surface area contributed by atoms with E-state index in [-0.39, 0.29) is 35.9 Å². The van der Waals surface area contributed by atoms with Gasteiger partial charge in [0.05, 0.1) is 23.4 Å². The molecule has 212 valence electrons. The van der Waals surface area contributed by atoms with Crippen LogP contribution in [-0.2, 0) is 9.47 Å². The van der Waals surface area contributed by atoms with E-state index in [2.05, 4.69) is 132 Å². The van der Waals surface area contributed by atoms with Crippen LogP contribution in [0.4, 0.5) is 0 Å². The Morgan fingerprint density at radius 1 is 0.526 bits per heavy atom. The third kappa shape index (κ3) is 5.22. The van der Waals surface area contributed by atoms with Crippen LogP contribution in [0.5, 0.6) is 0 Å². The van der Waals surface area contributed by atoms with Crippen LogP contribution in [-0.4, -0.2) is 28.4 Å². The molecule has 0 aromatic heterocycles. The van der Waals surface area contributed by atoms with Crippen molar-refractivity contribution in [2.75, 3.05) is 0 Å². The molecule has 38 heavy (non-hydrogen) atoms. The monoisotopic (exact) mass is 552 g/mol. The van der Waals surface area contributed by atoms with Crippen molar-refractivity contribution in [1.29, 1.82) is 0 Å². The van der Waals surface area contributed by atoms with E-state index in [1.807, 2.05) is 0 Å². The molecule has 2 aliphatic heterocycles. The number of ether oxygens (including phenoxy) is 2. The fraction of sp³-hybridized carbons (Fsp3) is 0.765. The lowest BCUT2D eigenvalue weighted by molar-refractivity contribution is -0.0465. The average Bonchev–Trinajstić information content (AvgIpc) is 3.35. The molecule has 1 saturated carbocycles. The molecule has 0 amide bonds. The second-order valence-electron chi connectivity index (χ2n) is 14.3. The van der Waals surface area contributed by atoms with E-state index in [0.29, 0.717) is 33.2 Å². The third-order valence-corrected chi connectivity index (χ3v) is 23.1. The van der Waals surface area contributed by atoms with E-state index in [0.717, 1.165) is 11.5 Å². The topological polar surface area (TPSA) is 18.5 Å². The van der Waals surface area contributed by atoms with Crippen LogP contribution in [0.25, 0.3) is 0 Å². The Morgan fingerprint density at radius 3 is 1.03 bits per heavy atom. The second-order valence-corrected chi connectivity index (χ2v) is 25.4. The maximum Gasteiger partial charge on any atom is 0.145 e. The zero-order valence-electron chi connectivity index (χ0n) is 26.9. The lowest BCUT2D eigenvalue weighted by Gasteiger charge is -2.43. The first kappa shape index (κ1) is 31.2. The van der Waals surface area contributed by atoms with Gasteiger partial charge in [0.25, 0.3) is 0 Å². The zero-order valence-corrected chi connectivity index (χ0v) is 28.9. The van der Waals surface area contributed by atoms with Crippen LogP contribution in [0.1, 0.15) is 96.9 Å². The Kier molecular flexibility index (Phi) is 9.53. The predicted octanol–water partition coefficient (Wildman–Crippen LogP) is 9.51. The smallest absolute Gasteiger partial charge is 0.145 e. The maximum absolute atomic E-state index is 6.61. The van der Waals surface area contributed by atoms with Gasteiger partial charge in [0, 0.05) is 11.8 Å². The van der Waals surface area contributed by atoms with Crippen LogP contribution in [0.2, 0.25) is 33.2 Å². The summed E-state index contributed by atoms with van der Waals surface area (Å²) in [4.78, 5) is 0. The van der Waals surface area contributed by atoms with Gasteiger partial charge in [-0.25, -0.2) is 0 Å². The van der Waals surface area contributed by atoms with Crippen LogP contribution >= 0.6 is 0 Å². The summed E-state index contributed by atoms with van der Waals surface area (Å²) < 4.78 is 13.2. The van der Waals surface area contributed by atoms with Crippen molar-refractivity contribution >= 4 is 16.1 Å². The third-order valence-electron chi connectivity index (χ3n) is 10.4. The van der Waals surface area contributed by atoms with Gasteiger partial charge in [-0.2, -0.15) is 0 Å². The fourth-order valence-electron chi connectivity index (χ4n) is 8.72. The Labute approximate surface area is 237 Å². The van der Waals surface area contributed by atoms with Crippen molar-refractivity contribution in [3.8, 4) is 22.9 Å². The van der Waals surface area contributed by atoms with Crippen molar-refractivity contribution in [2.45, 2.75) is 142 Å². The first-order chi connectivity index (χ1) is 17.6. The highest BCUT2D eigenvalue weighted by atomic mass is 28.3. The highest BCUT2D eigenvalue weighted by Gasteiger charge is 2.55. The quantitative estimate of drug-likeness (QED) is 0.241. The molecule has 3 rings (SSSR count). The van der Waals surface area contributed by atoms with Gasteiger partial charge in [-0.15, -0.1) is 22.9 Å². The SMILES string of the molecule is CC1=CC2C(C#C[Si](C(C)C)(C(C)C)C(C)C)C3OC(C)=CC3C(C#C[Si](C(C)C)(C(C)C)C(C)C)C2O1. The van der Waals surface area contributed by atoms with Crippen LogP contribution in [0.15, 0.2) is 23.7 Å². The van der Waals surface area contributed by atoms with E-state index in [1.54, 1.807) is 0 Å². The van der Waals surface area contributed by atoms with Crippen molar-refractivity contribution in [1.82, 2.24) is 0 Å². The number of hydrogen-bond acceptors (Lipinski definition) is 2. The second kappa shape index (κ2) is 11.6. The molecule has 2 nitrogen and oxygen atoms in total. The molecule has 0 bridgehead atoms. The summed E-state index contributed by atoms with van der Waals surface area (Å²) >= 11 is 0. The minimum absolute atomic E-state index is 0.0557.